The van der Waals surface area contributed by atoms with Crippen LogP contribution in [0, 0.1) is 11.8 Å². The monoisotopic (exact) mass is 349 g/mol. The largest absolute Gasteiger partial charge is 0.490 e. The Morgan fingerprint density at radius 1 is 0.960 bits per heavy atom. The number of amides is 1. The molecular weight excluding hydrogens is 318 g/mol. The number of piperidine rings is 1. The SMILES string of the molecule is CCOc1cc(C(=O)N2CC(C)CC(C)C2)cc(OCC)c1OCC. The lowest BCUT2D eigenvalue weighted by Gasteiger charge is -2.35. The van der Waals surface area contributed by atoms with Crippen LogP contribution in [0.1, 0.15) is 51.4 Å². The molecular formula is C20H31NO4. The molecule has 1 amide bonds. The van der Waals surface area contributed by atoms with E-state index in [-0.39, 0.29) is 5.91 Å². The molecule has 0 spiro atoms. The smallest absolute Gasteiger partial charge is 0.254 e. The maximum absolute atomic E-state index is 13.0. The average molecular weight is 349 g/mol. The Morgan fingerprint density at radius 2 is 1.44 bits per heavy atom. The lowest BCUT2D eigenvalue weighted by atomic mass is 9.91. The van der Waals surface area contributed by atoms with Gasteiger partial charge in [0.25, 0.3) is 5.91 Å². The number of hydrogen-bond acceptors (Lipinski definition) is 4. The zero-order valence-corrected chi connectivity index (χ0v) is 16.1. The van der Waals surface area contributed by atoms with Crippen LogP contribution in [0.4, 0.5) is 0 Å². The summed E-state index contributed by atoms with van der Waals surface area (Å²) >= 11 is 0. The van der Waals surface area contributed by atoms with E-state index in [2.05, 4.69) is 13.8 Å². The summed E-state index contributed by atoms with van der Waals surface area (Å²) in [6.45, 7) is 13.3. The van der Waals surface area contributed by atoms with Gasteiger partial charge in [0.05, 0.1) is 19.8 Å². The van der Waals surface area contributed by atoms with Crippen LogP contribution in [0.3, 0.4) is 0 Å². The van der Waals surface area contributed by atoms with Gasteiger partial charge in [0.2, 0.25) is 5.75 Å². The number of hydrogen-bond donors (Lipinski definition) is 0. The predicted molar refractivity (Wildman–Crippen MR) is 98.8 cm³/mol. The third-order valence-electron chi connectivity index (χ3n) is 4.31. The summed E-state index contributed by atoms with van der Waals surface area (Å²) in [6, 6.07) is 3.56. The first-order chi connectivity index (χ1) is 12.0. The van der Waals surface area contributed by atoms with Crippen molar-refractivity contribution >= 4 is 5.91 Å². The second kappa shape index (κ2) is 8.97. The van der Waals surface area contributed by atoms with Crippen LogP contribution < -0.4 is 14.2 Å². The molecule has 0 N–H and O–H groups in total. The normalized spacial score (nSPS) is 20.3. The molecule has 1 aliphatic heterocycles. The fourth-order valence-electron chi connectivity index (χ4n) is 3.52. The van der Waals surface area contributed by atoms with Gasteiger partial charge < -0.3 is 19.1 Å². The zero-order valence-electron chi connectivity index (χ0n) is 16.1. The molecule has 0 aliphatic carbocycles. The number of carbonyl (C=O) groups is 1. The first-order valence-corrected chi connectivity index (χ1v) is 9.35. The molecule has 0 radical (unpaired) electrons. The van der Waals surface area contributed by atoms with Crippen molar-refractivity contribution in [3.05, 3.63) is 17.7 Å². The third-order valence-corrected chi connectivity index (χ3v) is 4.31. The van der Waals surface area contributed by atoms with E-state index in [4.69, 9.17) is 14.2 Å². The van der Waals surface area contributed by atoms with E-state index >= 15 is 0 Å². The number of likely N-dealkylation sites (tertiary alicyclic amines) is 1. The molecule has 140 valence electrons. The number of ether oxygens (including phenoxy) is 3. The summed E-state index contributed by atoms with van der Waals surface area (Å²) < 4.78 is 17.2. The van der Waals surface area contributed by atoms with Gasteiger partial charge in [0.1, 0.15) is 0 Å². The van der Waals surface area contributed by atoms with Gasteiger partial charge in [-0.1, -0.05) is 13.8 Å². The second-order valence-electron chi connectivity index (χ2n) is 6.76. The summed E-state index contributed by atoms with van der Waals surface area (Å²) in [5.41, 5.74) is 0.594. The molecule has 1 aliphatic rings. The van der Waals surface area contributed by atoms with Crippen molar-refractivity contribution in [2.75, 3.05) is 32.9 Å². The highest BCUT2D eigenvalue weighted by atomic mass is 16.5. The maximum atomic E-state index is 13.0. The van der Waals surface area contributed by atoms with E-state index in [9.17, 15) is 4.79 Å². The minimum atomic E-state index is 0.0309. The van der Waals surface area contributed by atoms with Crippen molar-refractivity contribution in [2.45, 2.75) is 41.0 Å². The van der Waals surface area contributed by atoms with Crippen molar-refractivity contribution in [3.8, 4) is 17.2 Å². The fraction of sp³-hybridized carbons (Fsp3) is 0.650. The second-order valence-corrected chi connectivity index (χ2v) is 6.76. The predicted octanol–water partition coefficient (Wildman–Crippen LogP) is 4.00. The summed E-state index contributed by atoms with van der Waals surface area (Å²) in [5.74, 6) is 2.78. The van der Waals surface area contributed by atoms with Gasteiger partial charge >= 0.3 is 0 Å². The van der Waals surface area contributed by atoms with Crippen molar-refractivity contribution in [2.24, 2.45) is 11.8 Å². The van der Waals surface area contributed by atoms with Crippen LogP contribution in [-0.2, 0) is 0 Å². The molecule has 2 atom stereocenters. The van der Waals surface area contributed by atoms with Gasteiger partial charge in [-0.25, -0.2) is 0 Å². The topological polar surface area (TPSA) is 48.0 Å². The van der Waals surface area contributed by atoms with Gasteiger partial charge in [-0.3, -0.25) is 4.79 Å². The van der Waals surface area contributed by atoms with E-state index in [1.807, 2.05) is 25.7 Å². The molecule has 1 aromatic rings. The molecule has 1 fully saturated rings. The Hall–Kier alpha value is -1.91. The Labute approximate surface area is 151 Å². The fourth-order valence-corrected chi connectivity index (χ4v) is 3.52. The highest BCUT2D eigenvalue weighted by molar-refractivity contribution is 5.95. The van der Waals surface area contributed by atoms with Crippen LogP contribution >= 0.6 is 0 Å². The van der Waals surface area contributed by atoms with Crippen LogP contribution in [0.2, 0.25) is 0 Å². The molecule has 1 aromatic carbocycles. The molecule has 2 unspecified atom stereocenters. The first-order valence-electron chi connectivity index (χ1n) is 9.35. The first kappa shape index (κ1) is 19.4. The zero-order chi connectivity index (χ0) is 18.4. The number of benzene rings is 1. The summed E-state index contributed by atoms with van der Waals surface area (Å²) in [5, 5.41) is 0. The van der Waals surface area contributed by atoms with Gasteiger partial charge in [0, 0.05) is 18.7 Å². The average Bonchev–Trinajstić information content (AvgIpc) is 2.56. The number of carbonyl (C=O) groups excluding carboxylic acids is 1. The van der Waals surface area contributed by atoms with E-state index in [1.165, 1.54) is 6.42 Å². The Morgan fingerprint density at radius 3 is 1.88 bits per heavy atom. The summed E-state index contributed by atoms with van der Waals surface area (Å²) in [6.07, 6.45) is 1.17. The molecule has 25 heavy (non-hydrogen) atoms. The molecule has 0 bridgehead atoms. The minimum Gasteiger partial charge on any atom is -0.490 e. The minimum absolute atomic E-state index is 0.0309. The Bertz CT molecular complexity index is 550. The summed E-state index contributed by atoms with van der Waals surface area (Å²) in [7, 11) is 0. The third kappa shape index (κ3) is 4.80. The lowest BCUT2D eigenvalue weighted by Crippen LogP contribution is -2.42. The van der Waals surface area contributed by atoms with Crippen molar-refractivity contribution in [1.29, 1.82) is 0 Å². The van der Waals surface area contributed by atoms with Crippen LogP contribution in [0.25, 0.3) is 0 Å². The Kier molecular flexibility index (Phi) is 6.97. The van der Waals surface area contributed by atoms with E-state index in [0.29, 0.717) is 54.5 Å². The molecule has 0 saturated carbocycles. The quantitative estimate of drug-likeness (QED) is 0.746. The van der Waals surface area contributed by atoms with Gasteiger partial charge in [-0.2, -0.15) is 0 Å². The highest BCUT2D eigenvalue weighted by Gasteiger charge is 2.28. The van der Waals surface area contributed by atoms with Gasteiger partial charge in [0.15, 0.2) is 11.5 Å². The lowest BCUT2D eigenvalue weighted by molar-refractivity contribution is 0.0622. The number of nitrogens with zero attached hydrogens (tertiary/aromatic N) is 1. The summed E-state index contributed by atoms with van der Waals surface area (Å²) in [4.78, 5) is 15.0. The molecule has 2 rings (SSSR count). The molecule has 1 saturated heterocycles. The van der Waals surface area contributed by atoms with Crippen LogP contribution in [0.5, 0.6) is 17.2 Å². The van der Waals surface area contributed by atoms with Crippen molar-refractivity contribution in [1.82, 2.24) is 4.90 Å². The van der Waals surface area contributed by atoms with Crippen molar-refractivity contribution < 1.29 is 19.0 Å². The van der Waals surface area contributed by atoms with Crippen LogP contribution in [0.15, 0.2) is 12.1 Å². The maximum Gasteiger partial charge on any atom is 0.254 e. The van der Waals surface area contributed by atoms with Gasteiger partial charge in [-0.05, 0) is 51.2 Å². The number of rotatable bonds is 7. The van der Waals surface area contributed by atoms with Gasteiger partial charge in [-0.15, -0.1) is 0 Å². The van der Waals surface area contributed by atoms with E-state index in [1.54, 1.807) is 12.1 Å². The van der Waals surface area contributed by atoms with Crippen LogP contribution in [-0.4, -0.2) is 43.7 Å². The van der Waals surface area contributed by atoms with E-state index < -0.39 is 0 Å². The standard InChI is InChI=1S/C20H31NO4/c1-6-23-17-10-16(11-18(24-7-2)19(17)25-8-3)20(22)21-12-14(4)9-15(5)13-21/h10-11,14-15H,6-9,12-13H2,1-5H3. The molecule has 5 heteroatoms. The van der Waals surface area contributed by atoms with E-state index in [0.717, 1.165) is 13.1 Å². The molecule has 5 nitrogen and oxygen atoms in total. The Balaban J connectivity index is 2.37. The molecule has 0 aromatic heterocycles. The highest BCUT2D eigenvalue weighted by Crippen LogP contribution is 2.39. The van der Waals surface area contributed by atoms with Crippen molar-refractivity contribution in [3.63, 3.8) is 0 Å². The molecule has 1 heterocycles.